The lowest BCUT2D eigenvalue weighted by Crippen LogP contribution is -2.24. The highest BCUT2D eigenvalue weighted by atomic mass is 32.2. The number of nitrogens with one attached hydrogen (secondary N) is 1. The van der Waals surface area contributed by atoms with E-state index in [0.717, 1.165) is 11.8 Å². The van der Waals surface area contributed by atoms with Crippen molar-refractivity contribution in [1.29, 1.82) is 0 Å². The lowest BCUT2D eigenvalue weighted by molar-refractivity contribution is -0.118. The van der Waals surface area contributed by atoms with Crippen LogP contribution in [-0.4, -0.2) is 46.2 Å². The number of rotatable bonds is 9. The zero-order chi connectivity index (χ0) is 25.5. The molecule has 184 valence electrons. The standard InChI is InChI=1S/C26H24N4O5S/c1-3-35-22-10-6-7-17(24(22)32)15-27-29-23(31)16-36-26-28-21-9-5-4-8-20(21)25(33)30(26)18-11-13-19(34-2)14-12-18/h4-15,32H,3,16H2,1-2H3,(H,29,31). The van der Waals surface area contributed by atoms with Gasteiger partial charge in [0.2, 0.25) is 0 Å². The maximum absolute atomic E-state index is 13.3. The molecule has 0 atom stereocenters. The maximum atomic E-state index is 13.3. The lowest BCUT2D eigenvalue weighted by Gasteiger charge is -2.13. The third-order valence-corrected chi connectivity index (χ3v) is 6.07. The molecule has 36 heavy (non-hydrogen) atoms. The SMILES string of the molecule is CCOc1cccc(C=NNC(=O)CSc2nc3ccccc3c(=O)n2-c2ccc(OC)cc2)c1O. The summed E-state index contributed by atoms with van der Waals surface area (Å²) in [6.45, 7) is 2.23. The molecule has 0 unspecified atom stereocenters. The zero-order valence-corrected chi connectivity index (χ0v) is 20.5. The van der Waals surface area contributed by atoms with Gasteiger partial charge in [0.05, 0.1) is 42.3 Å². The second-order valence-corrected chi connectivity index (χ2v) is 8.40. The van der Waals surface area contributed by atoms with Crippen LogP contribution in [0.1, 0.15) is 12.5 Å². The normalized spacial score (nSPS) is 11.1. The number of carbonyl (C=O) groups excluding carboxylic acids is 1. The number of benzene rings is 3. The van der Waals surface area contributed by atoms with Crippen LogP contribution in [0.5, 0.6) is 17.2 Å². The van der Waals surface area contributed by atoms with Crippen molar-refractivity contribution in [3.63, 3.8) is 0 Å². The van der Waals surface area contributed by atoms with E-state index in [0.29, 0.717) is 45.4 Å². The molecular formula is C26H24N4O5S. The predicted octanol–water partition coefficient (Wildman–Crippen LogP) is 3.74. The summed E-state index contributed by atoms with van der Waals surface area (Å²) in [5.41, 5.74) is 3.74. The van der Waals surface area contributed by atoms with E-state index >= 15 is 0 Å². The summed E-state index contributed by atoms with van der Waals surface area (Å²) in [6.07, 6.45) is 1.34. The molecule has 9 nitrogen and oxygen atoms in total. The number of fused-ring (bicyclic) bond motifs is 1. The summed E-state index contributed by atoms with van der Waals surface area (Å²) in [6, 6.07) is 19.1. The summed E-state index contributed by atoms with van der Waals surface area (Å²) < 4.78 is 12.0. The predicted molar refractivity (Wildman–Crippen MR) is 140 cm³/mol. The second kappa shape index (κ2) is 11.4. The smallest absolute Gasteiger partial charge is 0.266 e. The average Bonchev–Trinajstić information content (AvgIpc) is 2.90. The molecule has 4 aromatic rings. The fourth-order valence-electron chi connectivity index (χ4n) is 3.42. The summed E-state index contributed by atoms with van der Waals surface area (Å²) in [5, 5.41) is 15.0. The number of ether oxygens (including phenoxy) is 2. The van der Waals surface area contributed by atoms with E-state index in [1.165, 1.54) is 10.8 Å². The van der Waals surface area contributed by atoms with Gasteiger partial charge < -0.3 is 14.6 Å². The van der Waals surface area contributed by atoms with Gasteiger partial charge >= 0.3 is 0 Å². The molecular weight excluding hydrogens is 480 g/mol. The van der Waals surface area contributed by atoms with E-state index in [4.69, 9.17) is 9.47 Å². The molecule has 1 heterocycles. The van der Waals surface area contributed by atoms with Gasteiger partial charge in [-0.15, -0.1) is 0 Å². The minimum atomic E-state index is -0.402. The van der Waals surface area contributed by atoms with Crippen molar-refractivity contribution in [3.8, 4) is 22.9 Å². The van der Waals surface area contributed by atoms with Crippen molar-refractivity contribution in [2.45, 2.75) is 12.1 Å². The highest BCUT2D eigenvalue weighted by Crippen LogP contribution is 2.28. The Balaban J connectivity index is 1.53. The molecule has 0 bridgehead atoms. The molecule has 0 aliphatic rings. The van der Waals surface area contributed by atoms with E-state index in [2.05, 4.69) is 15.5 Å². The fraction of sp³-hybridized carbons (Fsp3) is 0.154. The lowest BCUT2D eigenvalue weighted by atomic mass is 10.2. The minimum absolute atomic E-state index is 0.0384. The molecule has 0 aliphatic heterocycles. The van der Waals surface area contributed by atoms with Gasteiger partial charge in [0, 0.05) is 5.56 Å². The Kier molecular flexibility index (Phi) is 7.86. The molecule has 4 rings (SSSR count). The molecule has 1 amide bonds. The molecule has 0 saturated carbocycles. The minimum Gasteiger partial charge on any atom is -0.504 e. The number of phenolic OH excluding ortho intramolecular Hbond substituents is 1. The number of aromatic hydroxyl groups is 1. The van der Waals surface area contributed by atoms with Gasteiger partial charge in [-0.2, -0.15) is 5.10 Å². The number of hydrogen-bond acceptors (Lipinski definition) is 8. The van der Waals surface area contributed by atoms with Crippen molar-refractivity contribution in [3.05, 3.63) is 82.6 Å². The van der Waals surface area contributed by atoms with E-state index in [1.807, 2.05) is 6.92 Å². The Labute approximate surface area is 211 Å². The van der Waals surface area contributed by atoms with E-state index in [9.17, 15) is 14.7 Å². The molecule has 10 heteroatoms. The van der Waals surface area contributed by atoms with Gasteiger partial charge in [-0.05, 0) is 55.5 Å². The van der Waals surface area contributed by atoms with Crippen molar-refractivity contribution in [1.82, 2.24) is 15.0 Å². The number of phenols is 1. The van der Waals surface area contributed by atoms with Crippen LogP contribution < -0.4 is 20.5 Å². The highest BCUT2D eigenvalue weighted by Gasteiger charge is 2.15. The van der Waals surface area contributed by atoms with E-state index in [1.54, 1.807) is 73.8 Å². The molecule has 3 aromatic carbocycles. The van der Waals surface area contributed by atoms with Crippen LogP contribution >= 0.6 is 11.8 Å². The van der Waals surface area contributed by atoms with Gasteiger partial charge in [-0.1, -0.05) is 30.0 Å². The quantitative estimate of drug-likeness (QED) is 0.154. The molecule has 1 aromatic heterocycles. The molecule has 0 radical (unpaired) electrons. The number of aromatic nitrogens is 2. The molecule has 0 aliphatic carbocycles. The highest BCUT2D eigenvalue weighted by molar-refractivity contribution is 7.99. The summed E-state index contributed by atoms with van der Waals surface area (Å²) >= 11 is 1.11. The molecule has 0 saturated heterocycles. The van der Waals surface area contributed by atoms with Gasteiger partial charge in [0.1, 0.15) is 5.75 Å². The molecule has 0 fully saturated rings. The van der Waals surface area contributed by atoms with Crippen molar-refractivity contribution in [2.75, 3.05) is 19.5 Å². The second-order valence-electron chi connectivity index (χ2n) is 7.46. The number of hydrogen-bond donors (Lipinski definition) is 2. The number of hydrazone groups is 1. The summed E-state index contributed by atoms with van der Waals surface area (Å²) in [7, 11) is 1.57. The first kappa shape index (κ1) is 24.8. The number of nitrogens with zero attached hydrogens (tertiary/aromatic N) is 3. The molecule has 0 spiro atoms. The first-order valence-corrected chi connectivity index (χ1v) is 12.1. The third-order valence-electron chi connectivity index (χ3n) is 5.13. The fourth-order valence-corrected chi connectivity index (χ4v) is 4.22. The number of methoxy groups -OCH3 is 1. The van der Waals surface area contributed by atoms with E-state index < -0.39 is 5.91 Å². The van der Waals surface area contributed by atoms with Crippen LogP contribution in [0, 0.1) is 0 Å². The number of para-hydroxylation sites is 2. The first-order chi connectivity index (χ1) is 17.5. The third kappa shape index (κ3) is 5.49. The summed E-state index contributed by atoms with van der Waals surface area (Å²) in [5.74, 6) is 0.492. The van der Waals surface area contributed by atoms with Gasteiger partial charge in [0.25, 0.3) is 11.5 Å². The Morgan fingerprint density at radius 2 is 1.92 bits per heavy atom. The van der Waals surface area contributed by atoms with Crippen LogP contribution in [0.25, 0.3) is 16.6 Å². The van der Waals surface area contributed by atoms with Gasteiger partial charge in [0.15, 0.2) is 16.7 Å². The number of amides is 1. The Bertz CT molecular complexity index is 1470. The topological polar surface area (TPSA) is 115 Å². The monoisotopic (exact) mass is 504 g/mol. The van der Waals surface area contributed by atoms with Crippen LogP contribution in [0.4, 0.5) is 0 Å². The molecule has 2 N–H and O–H groups in total. The van der Waals surface area contributed by atoms with E-state index in [-0.39, 0.29) is 17.1 Å². The maximum Gasteiger partial charge on any atom is 0.266 e. The Morgan fingerprint density at radius 3 is 2.67 bits per heavy atom. The van der Waals surface area contributed by atoms with Gasteiger partial charge in [-0.25, -0.2) is 10.4 Å². The van der Waals surface area contributed by atoms with Crippen LogP contribution in [0.3, 0.4) is 0 Å². The van der Waals surface area contributed by atoms with Crippen LogP contribution in [0.2, 0.25) is 0 Å². The Morgan fingerprint density at radius 1 is 1.14 bits per heavy atom. The van der Waals surface area contributed by atoms with Crippen molar-refractivity contribution < 1.29 is 19.4 Å². The van der Waals surface area contributed by atoms with Crippen LogP contribution in [0.15, 0.2) is 81.8 Å². The Hall–Kier alpha value is -4.31. The van der Waals surface area contributed by atoms with Crippen molar-refractivity contribution >= 4 is 34.8 Å². The number of thioether (sulfide) groups is 1. The summed E-state index contributed by atoms with van der Waals surface area (Å²) in [4.78, 5) is 30.4. The first-order valence-electron chi connectivity index (χ1n) is 11.1. The average molecular weight is 505 g/mol. The largest absolute Gasteiger partial charge is 0.504 e. The van der Waals surface area contributed by atoms with Gasteiger partial charge in [-0.3, -0.25) is 14.2 Å². The zero-order valence-electron chi connectivity index (χ0n) is 19.7. The number of carbonyl (C=O) groups is 1. The van der Waals surface area contributed by atoms with Crippen LogP contribution in [-0.2, 0) is 4.79 Å². The van der Waals surface area contributed by atoms with Crippen molar-refractivity contribution in [2.24, 2.45) is 5.10 Å².